The Kier molecular flexibility index (Phi) is 7.03. The molecule has 1 aromatic rings. The summed E-state index contributed by atoms with van der Waals surface area (Å²) in [6.45, 7) is 11.8. The molecule has 0 aromatic carbocycles. The van der Waals surface area contributed by atoms with E-state index in [1.807, 2.05) is 0 Å². The predicted molar refractivity (Wildman–Crippen MR) is 82.0 cm³/mol. The fourth-order valence-electron chi connectivity index (χ4n) is 2.03. The first-order chi connectivity index (χ1) is 9.01. The molecular formula is C16H29N3. The smallest absolute Gasteiger partial charge is 0.0547 e. The summed E-state index contributed by atoms with van der Waals surface area (Å²) in [6, 6.07) is 6.81. The standard InChI is InChI=1S/C16H29N3/c1-6-14(4)11-19(5)12-16-9-7-8-15(18-16)10-17-13(2)3/h7-9,13-14,17H,6,10-12H2,1-5H3. The molecule has 1 atom stereocenters. The first-order valence-electron chi connectivity index (χ1n) is 7.38. The van der Waals surface area contributed by atoms with Crippen LogP contribution in [-0.2, 0) is 13.1 Å². The van der Waals surface area contributed by atoms with Crippen molar-refractivity contribution in [2.75, 3.05) is 13.6 Å². The van der Waals surface area contributed by atoms with Gasteiger partial charge in [-0.1, -0.05) is 40.2 Å². The maximum atomic E-state index is 4.71. The lowest BCUT2D eigenvalue weighted by atomic mass is 10.1. The Morgan fingerprint density at radius 3 is 2.53 bits per heavy atom. The van der Waals surface area contributed by atoms with Crippen LogP contribution in [-0.4, -0.2) is 29.5 Å². The van der Waals surface area contributed by atoms with Gasteiger partial charge in [-0.15, -0.1) is 0 Å². The van der Waals surface area contributed by atoms with Crippen LogP contribution in [0.25, 0.3) is 0 Å². The van der Waals surface area contributed by atoms with Crippen LogP contribution in [0.5, 0.6) is 0 Å². The second-order valence-electron chi connectivity index (χ2n) is 5.87. The van der Waals surface area contributed by atoms with Gasteiger partial charge in [0.15, 0.2) is 0 Å². The third-order valence-corrected chi connectivity index (χ3v) is 3.31. The van der Waals surface area contributed by atoms with E-state index in [0.717, 1.165) is 36.9 Å². The SMILES string of the molecule is CCC(C)CN(C)Cc1cccc(CNC(C)C)n1. The fourth-order valence-corrected chi connectivity index (χ4v) is 2.03. The van der Waals surface area contributed by atoms with Crippen molar-refractivity contribution in [2.24, 2.45) is 5.92 Å². The lowest BCUT2D eigenvalue weighted by Crippen LogP contribution is -2.25. The van der Waals surface area contributed by atoms with E-state index < -0.39 is 0 Å². The Morgan fingerprint density at radius 1 is 1.21 bits per heavy atom. The van der Waals surface area contributed by atoms with E-state index in [2.05, 4.69) is 63.2 Å². The van der Waals surface area contributed by atoms with Crippen molar-refractivity contribution < 1.29 is 0 Å². The largest absolute Gasteiger partial charge is 0.309 e. The average Bonchev–Trinajstić information content (AvgIpc) is 2.36. The highest BCUT2D eigenvalue weighted by Gasteiger charge is 2.06. The third-order valence-electron chi connectivity index (χ3n) is 3.31. The van der Waals surface area contributed by atoms with Gasteiger partial charge in [0.05, 0.1) is 11.4 Å². The molecular weight excluding hydrogens is 234 g/mol. The second-order valence-corrected chi connectivity index (χ2v) is 5.87. The van der Waals surface area contributed by atoms with E-state index in [9.17, 15) is 0 Å². The van der Waals surface area contributed by atoms with Crippen LogP contribution in [0, 0.1) is 5.92 Å². The highest BCUT2D eigenvalue weighted by molar-refractivity contribution is 5.11. The van der Waals surface area contributed by atoms with Crippen LogP contribution < -0.4 is 5.32 Å². The van der Waals surface area contributed by atoms with E-state index in [-0.39, 0.29) is 0 Å². The van der Waals surface area contributed by atoms with Crippen molar-refractivity contribution in [1.82, 2.24) is 15.2 Å². The van der Waals surface area contributed by atoms with Gasteiger partial charge in [0.2, 0.25) is 0 Å². The molecule has 1 rings (SSSR count). The molecule has 0 fully saturated rings. The van der Waals surface area contributed by atoms with E-state index >= 15 is 0 Å². The molecule has 1 heterocycles. The maximum Gasteiger partial charge on any atom is 0.0547 e. The molecule has 3 nitrogen and oxygen atoms in total. The summed E-state index contributed by atoms with van der Waals surface area (Å²) in [6.07, 6.45) is 1.23. The number of nitrogens with one attached hydrogen (secondary N) is 1. The Labute approximate surface area is 118 Å². The first kappa shape index (κ1) is 16.1. The Bertz CT molecular complexity index is 363. The van der Waals surface area contributed by atoms with Gasteiger partial charge in [0.1, 0.15) is 0 Å². The molecule has 1 N–H and O–H groups in total. The second kappa shape index (κ2) is 8.28. The average molecular weight is 263 g/mol. The quantitative estimate of drug-likeness (QED) is 0.781. The Hall–Kier alpha value is -0.930. The van der Waals surface area contributed by atoms with Crippen LogP contribution in [0.15, 0.2) is 18.2 Å². The van der Waals surface area contributed by atoms with Crippen LogP contribution in [0.2, 0.25) is 0 Å². The first-order valence-corrected chi connectivity index (χ1v) is 7.38. The van der Waals surface area contributed by atoms with Gasteiger partial charge >= 0.3 is 0 Å². The molecule has 19 heavy (non-hydrogen) atoms. The summed E-state index contributed by atoms with van der Waals surface area (Å²) in [5, 5.41) is 3.41. The number of pyridine rings is 1. The minimum Gasteiger partial charge on any atom is -0.309 e. The monoisotopic (exact) mass is 263 g/mol. The van der Waals surface area contributed by atoms with Crippen molar-refractivity contribution in [3.05, 3.63) is 29.6 Å². The van der Waals surface area contributed by atoms with Gasteiger partial charge in [0.25, 0.3) is 0 Å². The Morgan fingerprint density at radius 2 is 1.89 bits per heavy atom. The fraction of sp³-hybridized carbons (Fsp3) is 0.688. The van der Waals surface area contributed by atoms with Crippen molar-refractivity contribution in [3.63, 3.8) is 0 Å². The van der Waals surface area contributed by atoms with E-state index in [1.165, 1.54) is 6.42 Å². The molecule has 0 aliphatic rings. The van der Waals surface area contributed by atoms with Crippen LogP contribution in [0.3, 0.4) is 0 Å². The molecule has 1 aromatic heterocycles. The molecule has 0 saturated carbocycles. The topological polar surface area (TPSA) is 28.2 Å². The van der Waals surface area contributed by atoms with E-state index in [4.69, 9.17) is 4.98 Å². The van der Waals surface area contributed by atoms with Gasteiger partial charge < -0.3 is 10.2 Å². The van der Waals surface area contributed by atoms with Crippen LogP contribution in [0.1, 0.15) is 45.5 Å². The third kappa shape index (κ3) is 6.69. The molecule has 0 radical (unpaired) electrons. The van der Waals surface area contributed by atoms with Gasteiger partial charge in [-0.3, -0.25) is 4.98 Å². The van der Waals surface area contributed by atoms with E-state index in [0.29, 0.717) is 6.04 Å². The summed E-state index contributed by atoms with van der Waals surface area (Å²) in [5.74, 6) is 0.746. The van der Waals surface area contributed by atoms with E-state index in [1.54, 1.807) is 0 Å². The zero-order valence-electron chi connectivity index (χ0n) is 13.1. The van der Waals surface area contributed by atoms with Crippen molar-refractivity contribution in [1.29, 1.82) is 0 Å². The minimum absolute atomic E-state index is 0.499. The number of nitrogens with zero attached hydrogens (tertiary/aromatic N) is 2. The molecule has 108 valence electrons. The number of rotatable bonds is 8. The minimum atomic E-state index is 0.499. The molecule has 3 heteroatoms. The van der Waals surface area contributed by atoms with Crippen LogP contribution in [0.4, 0.5) is 0 Å². The van der Waals surface area contributed by atoms with Crippen LogP contribution >= 0.6 is 0 Å². The number of hydrogen-bond donors (Lipinski definition) is 1. The summed E-state index contributed by atoms with van der Waals surface area (Å²) < 4.78 is 0. The lowest BCUT2D eigenvalue weighted by Gasteiger charge is -2.20. The molecule has 0 aliphatic heterocycles. The zero-order chi connectivity index (χ0) is 14.3. The highest BCUT2D eigenvalue weighted by Crippen LogP contribution is 2.07. The highest BCUT2D eigenvalue weighted by atomic mass is 15.1. The zero-order valence-corrected chi connectivity index (χ0v) is 13.1. The molecule has 0 amide bonds. The number of aromatic nitrogens is 1. The molecule has 0 spiro atoms. The predicted octanol–water partition coefficient (Wildman–Crippen LogP) is 3.06. The van der Waals surface area contributed by atoms with Crippen molar-refractivity contribution in [3.8, 4) is 0 Å². The molecule has 0 bridgehead atoms. The van der Waals surface area contributed by atoms with Gasteiger partial charge in [-0.2, -0.15) is 0 Å². The summed E-state index contributed by atoms with van der Waals surface area (Å²) in [4.78, 5) is 7.07. The van der Waals surface area contributed by atoms with Gasteiger partial charge in [0, 0.05) is 25.7 Å². The van der Waals surface area contributed by atoms with Crippen molar-refractivity contribution in [2.45, 2.75) is 53.2 Å². The Balaban J connectivity index is 2.51. The normalized spacial score (nSPS) is 13.2. The van der Waals surface area contributed by atoms with Crippen molar-refractivity contribution >= 4 is 0 Å². The number of hydrogen-bond acceptors (Lipinski definition) is 3. The molecule has 0 saturated heterocycles. The summed E-state index contributed by atoms with van der Waals surface area (Å²) in [7, 11) is 2.17. The molecule has 0 aliphatic carbocycles. The van der Waals surface area contributed by atoms with Gasteiger partial charge in [-0.25, -0.2) is 0 Å². The lowest BCUT2D eigenvalue weighted by molar-refractivity contribution is 0.272. The maximum absolute atomic E-state index is 4.71. The summed E-state index contributed by atoms with van der Waals surface area (Å²) >= 11 is 0. The summed E-state index contributed by atoms with van der Waals surface area (Å²) in [5.41, 5.74) is 2.29. The van der Waals surface area contributed by atoms with Gasteiger partial charge in [-0.05, 0) is 25.1 Å². The molecule has 1 unspecified atom stereocenters.